The zero-order chi connectivity index (χ0) is 36.3. The van der Waals surface area contributed by atoms with Gasteiger partial charge in [-0.1, -0.05) is 182 Å². The van der Waals surface area contributed by atoms with Crippen LogP contribution in [0.5, 0.6) is 0 Å². The Bertz CT molecular complexity index is 2970. The molecule has 11 rings (SSSR count). The minimum absolute atomic E-state index is 0.609. The molecule has 0 bridgehead atoms. The van der Waals surface area contributed by atoms with Crippen molar-refractivity contribution in [3.05, 3.63) is 222 Å². The highest BCUT2D eigenvalue weighted by atomic mass is 15.0. The molecular weight excluding hydrogens is 667 g/mol. The predicted molar refractivity (Wildman–Crippen MR) is 226 cm³/mol. The third-order valence-corrected chi connectivity index (χ3v) is 11.4. The van der Waals surface area contributed by atoms with E-state index in [0.717, 1.165) is 16.7 Å². The maximum Gasteiger partial charge on any atom is 0.164 e. The number of aromatic nitrogens is 3. The van der Waals surface area contributed by atoms with Crippen LogP contribution in [0, 0.1) is 0 Å². The smallest absolute Gasteiger partial charge is 0.164 e. The SMILES string of the molecule is c1ccc(-c2nc(-c3ccccc3)nc(-c3ccc4c(c3)C(c3ccccc3)(c3ccccc3)c3cc5c6ccccc6c6ccccc6c5cc3-4)n2)cc1. The summed E-state index contributed by atoms with van der Waals surface area (Å²) >= 11 is 0. The van der Waals surface area contributed by atoms with Crippen LogP contribution in [0.2, 0.25) is 0 Å². The van der Waals surface area contributed by atoms with E-state index in [1.165, 1.54) is 65.7 Å². The van der Waals surface area contributed by atoms with E-state index in [1.807, 2.05) is 36.4 Å². The van der Waals surface area contributed by atoms with Gasteiger partial charge in [0.2, 0.25) is 0 Å². The normalized spacial score (nSPS) is 12.9. The van der Waals surface area contributed by atoms with Gasteiger partial charge in [-0.05, 0) is 83.9 Å². The Labute approximate surface area is 319 Å². The summed E-state index contributed by atoms with van der Waals surface area (Å²) in [7, 11) is 0. The van der Waals surface area contributed by atoms with Crippen molar-refractivity contribution in [1.82, 2.24) is 15.0 Å². The van der Waals surface area contributed by atoms with Crippen molar-refractivity contribution in [3.8, 4) is 45.3 Å². The Morgan fingerprint density at radius 2 is 0.655 bits per heavy atom. The summed E-state index contributed by atoms with van der Waals surface area (Å²) in [5, 5.41) is 7.59. The molecule has 3 nitrogen and oxygen atoms in total. The van der Waals surface area contributed by atoms with Gasteiger partial charge in [-0.3, -0.25) is 0 Å². The Hall–Kier alpha value is -7.23. The fourth-order valence-corrected chi connectivity index (χ4v) is 8.96. The second-order valence-electron chi connectivity index (χ2n) is 14.3. The van der Waals surface area contributed by atoms with Crippen molar-refractivity contribution >= 4 is 32.3 Å². The van der Waals surface area contributed by atoms with Crippen LogP contribution < -0.4 is 0 Å². The van der Waals surface area contributed by atoms with Crippen molar-refractivity contribution in [2.75, 3.05) is 0 Å². The van der Waals surface area contributed by atoms with Gasteiger partial charge in [0.15, 0.2) is 17.5 Å². The Kier molecular flexibility index (Phi) is 7.08. The topological polar surface area (TPSA) is 38.7 Å². The molecule has 256 valence electrons. The van der Waals surface area contributed by atoms with Gasteiger partial charge in [-0.2, -0.15) is 0 Å². The van der Waals surface area contributed by atoms with Crippen molar-refractivity contribution in [3.63, 3.8) is 0 Å². The largest absolute Gasteiger partial charge is 0.208 e. The van der Waals surface area contributed by atoms with Gasteiger partial charge >= 0.3 is 0 Å². The van der Waals surface area contributed by atoms with Crippen LogP contribution in [-0.2, 0) is 5.41 Å². The highest BCUT2D eigenvalue weighted by Crippen LogP contribution is 2.58. The Morgan fingerprint density at radius 1 is 0.273 bits per heavy atom. The molecule has 0 unspecified atom stereocenters. The van der Waals surface area contributed by atoms with Crippen LogP contribution in [0.15, 0.2) is 200 Å². The van der Waals surface area contributed by atoms with Gasteiger partial charge in [0.1, 0.15) is 0 Å². The first-order chi connectivity index (χ1) is 27.3. The maximum atomic E-state index is 5.16. The number of rotatable bonds is 5. The third kappa shape index (κ3) is 4.80. The zero-order valence-corrected chi connectivity index (χ0v) is 29.9. The van der Waals surface area contributed by atoms with E-state index in [0.29, 0.717) is 17.5 Å². The summed E-state index contributed by atoms with van der Waals surface area (Å²) in [6.07, 6.45) is 0. The Morgan fingerprint density at radius 3 is 1.15 bits per heavy atom. The van der Waals surface area contributed by atoms with Gasteiger partial charge in [-0.15, -0.1) is 0 Å². The van der Waals surface area contributed by atoms with Gasteiger partial charge in [0.05, 0.1) is 5.41 Å². The summed E-state index contributed by atoms with van der Waals surface area (Å²) in [6, 6.07) is 71.8. The molecule has 0 spiro atoms. The van der Waals surface area contributed by atoms with Gasteiger partial charge < -0.3 is 0 Å². The minimum atomic E-state index is -0.609. The fourth-order valence-electron chi connectivity index (χ4n) is 8.96. The van der Waals surface area contributed by atoms with E-state index in [-0.39, 0.29) is 0 Å². The molecule has 0 radical (unpaired) electrons. The quantitative estimate of drug-likeness (QED) is 0.168. The van der Waals surface area contributed by atoms with Crippen LogP contribution in [0.3, 0.4) is 0 Å². The van der Waals surface area contributed by atoms with Crippen LogP contribution >= 0.6 is 0 Å². The Balaban J connectivity index is 1.24. The minimum Gasteiger partial charge on any atom is -0.208 e. The molecule has 55 heavy (non-hydrogen) atoms. The lowest BCUT2D eigenvalue weighted by Gasteiger charge is -2.34. The second-order valence-corrected chi connectivity index (χ2v) is 14.3. The molecule has 0 atom stereocenters. The molecule has 9 aromatic carbocycles. The van der Waals surface area contributed by atoms with Crippen LogP contribution in [-0.4, -0.2) is 15.0 Å². The van der Waals surface area contributed by atoms with Crippen molar-refractivity contribution in [2.24, 2.45) is 0 Å². The van der Waals surface area contributed by atoms with Crippen LogP contribution in [0.4, 0.5) is 0 Å². The summed E-state index contributed by atoms with van der Waals surface area (Å²) in [5.74, 6) is 1.94. The molecule has 0 N–H and O–H groups in total. The van der Waals surface area contributed by atoms with Crippen molar-refractivity contribution in [2.45, 2.75) is 5.41 Å². The molecule has 1 aliphatic rings. The van der Waals surface area contributed by atoms with E-state index in [1.54, 1.807) is 0 Å². The van der Waals surface area contributed by atoms with Crippen molar-refractivity contribution < 1.29 is 0 Å². The second kappa shape index (κ2) is 12.4. The molecule has 0 aliphatic heterocycles. The van der Waals surface area contributed by atoms with E-state index < -0.39 is 5.41 Å². The molecule has 1 aromatic heterocycles. The summed E-state index contributed by atoms with van der Waals surface area (Å²) < 4.78 is 0. The number of nitrogens with zero attached hydrogens (tertiary/aromatic N) is 3. The lowest BCUT2D eigenvalue weighted by Crippen LogP contribution is -2.28. The van der Waals surface area contributed by atoms with Gasteiger partial charge in [0.25, 0.3) is 0 Å². The van der Waals surface area contributed by atoms with Crippen molar-refractivity contribution in [1.29, 1.82) is 0 Å². The summed E-state index contributed by atoms with van der Waals surface area (Å²) in [6.45, 7) is 0. The molecule has 0 saturated carbocycles. The van der Waals surface area contributed by atoms with Gasteiger partial charge in [0, 0.05) is 16.7 Å². The fraction of sp³-hybridized carbons (Fsp3) is 0.0192. The van der Waals surface area contributed by atoms with E-state index in [9.17, 15) is 0 Å². The number of fused-ring (bicyclic) bond motifs is 9. The maximum absolute atomic E-state index is 5.16. The van der Waals surface area contributed by atoms with Gasteiger partial charge in [-0.25, -0.2) is 15.0 Å². The molecular formula is C52H33N3. The van der Waals surface area contributed by atoms with Crippen LogP contribution in [0.1, 0.15) is 22.3 Å². The average Bonchev–Trinajstić information content (AvgIpc) is 3.56. The summed E-state index contributed by atoms with van der Waals surface area (Å²) in [5.41, 5.74) is 9.61. The number of benzene rings is 9. The standard InChI is InChI=1S/C52H33N3/c1-5-17-34(18-6-1)49-53-50(35-19-7-2-8-20-35)55-51(54-49)36-29-30-43-46-32-44-41-27-15-13-25-39(41)40-26-14-16-28-42(40)45(44)33-48(46)52(47(43)31-36,37-21-9-3-10-22-37)38-23-11-4-12-24-38/h1-33H. The first-order valence-electron chi connectivity index (χ1n) is 18.8. The monoisotopic (exact) mass is 699 g/mol. The lowest BCUT2D eigenvalue weighted by molar-refractivity contribution is 0.769. The molecule has 0 fully saturated rings. The molecule has 3 heteroatoms. The predicted octanol–water partition coefficient (Wildman–Crippen LogP) is 12.7. The summed E-state index contributed by atoms with van der Waals surface area (Å²) in [4.78, 5) is 15.3. The average molecular weight is 700 g/mol. The van der Waals surface area contributed by atoms with E-state index in [2.05, 4.69) is 164 Å². The van der Waals surface area contributed by atoms with Crippen LogP contribution in [0.25, 0.3) is 77.6 Å². The first kappa shape index (κ1) is 31.3. The number of hydrogen-bond acceptors (Lipinski definition) is 3. The van der Waals surface area contributed by atoms with E-state index in [4.69, 9.17) is 15.0 Å². The van der Waals surface area contributed by atoms with E-state index >= 15 is 0 Å². The third-order valence-electron chi connectivity index (χ3n) is 11.4. The molecule has 1 heterocycles. The molecule has 0 amide bonds. The molecule has 0 saturated heterocycles. The zero-order valence-electron chi connectivity index (χ0n) is 29.9. The highest BCUT2D eigenvalue weighted by Gasteiger charge is 2.46. The highest BCUT2D eigenvalue weighted by molar-refractivity contribution is 6.26. The molecule has 10 aromatic rings. The molecule has 1 aliphatic carbocycles. The lowest BCUT2D eigenvalue weighted by atomic mass is 9.67. The number of hydrogen-bond donors (Lipinski definition) is 0. The first-order valence-corrected chi connectivity index (χ1v) is 18.8.